The first kappa shape index (κ1) is 12.3. The Bertz CT molecular complexity index is 519. The van der Waals surface area contributed by atoms with Gasteiger partial charge in [0, 0.05) is 4.47 Å². The van der Waals surface area contributed by atoms with Crippen LogP contribution in [0, 0.1) is 0 Å². The summed E-state index contributed by atoms with van der Waals surface area (Å²) in [7, 11) is 0. The molecule has 1 N–H and O–H groups in total. The van der Waals surface area contributed by atoms with E-state index in [1.165, 1.54) is 11.8 Å². The second-order valence-corrected chi connectivity index (χ2v) is 4.95. The third-order valence-corrected chi connectivity index (χ3v) is 2.99. The second kappa shape index (κ2) is 5.47. The minimum absolute atomic E-state index is 0.139. The minimum Gasteiger partial charge on any atom is -0.362 e. The number of anilines is 1. The maximum Gasteiger partial charge on any atom is 0.149 e. The van der Waals surface area contributed by atoms with Gasteiger partial charge in [0.05, 0.1) is 18.4 Å². The summed E-state index contributed by atoms with van der Waals surface area (Å²) >= 11 is 9.23. The number of benzene rings is 1. The number of rotatable bonds is 3. The molecule has 1 atom stereocenters. The van der Waals surface area contributed by atoms with E-state index in [0.29, 0.717) is 11.0 Å². The maximum absolute atomic E-state index is 5.78. The molecule has 2 rings (SSSR count). The van der Waals surface area contributed by atoms with Crippen molar-refractivity contribution in [3.8, 4) is 0 Å². The van der Waals surface area contributed by atoms with E-state index in [0.717, 1.165) is 4.47 Å². The van der Waals surface area contributed by atoms with E-state index in [4.69, 9.17) is 11.6 Å². The molecular formula is C12H11BrClN3. The van der Waals surface area contributed by atoms with Gasteiger partial charge in [-0.15, -0.1) is 0 Å². The summed E-state index contributed by atoms with van der Waals surface area (Å²) in [5.41, 5.74) is 1.17. The summed E-state index contributed by atoms with van der Waals surface area (Å²) in [5, 5.41) is 3.63. The molecule has 0 amide bonds. The van der Waals surface area contributed by atoms with Crippen molar-refractivity contribution in [2.45, 2.75) is 13.0 Å². The van der Waals surface area contributed by atoms with E-state index < -0.39 is 0 Å². The van der Waals surface area contributed by atoms with E-state index >= 15 is 0 Å². The average molecular weight is 313 g/mol. The minimum atomic E-state index is 0.139. The maximum atomic E-state index is 5.78. The Morgan fingerprint density at radius 3 is 2.88 bits per heavy atom. The summed E-state index contributed by atoms with van der Waals surface area (Å²) in [6.07, 6.45) is 3.16. The van der Waals surface area contributed by atoms with Gasteiger partial charge in [-0.1, -0.05) is 39.7 Å². The zero-order chi connectivity index (χ0) is 12.3. The Balaban J connectivity index is 2.14. The van der Waals surface area contributed by atoms with E-state index in [-0.39, 0.29) is 6.04 Å². The fraction of sp³-hybridized carbons (Fsp3) is 0.167. The van der Waals surface area contributed by atoms with Crippen LogP contribution >= 0.6 is 27.5 Å². The summed E-state index contributed by atoms with van der Waals surface area (Å²) < 4.78 is 1.06. The Labute approximate surface area is 113 Å². The van der Waals surface area contributed by atoms with Crippen molar-refractivity contribution in [3.05, 3.63) is 51.8 Å². The molecule has 0 aliphatic carbocycles. The first-order chi connectivity index (χ1) is 8.15. The molecule has 0 fully saturated rings. The van der Waals surface area contributed by atoms with Crippen molar-refractivity contribution >= 4 is 33.3 Å². The molecule has 17 heavy (non-hydrogen) atoms. The van der Waals surface area contributed by atoms with Crippen LogP contribution in [0.5, 0.6) is 0 Å². The molecule has 0 saturated carbocycles. The number of nitrogens with zero attached hydrogens (tertiary/aromatic N) is 2. The molecule has 0 saturated heterocycles. The fourth-order valence-corrected chi connectivity index (χ4v) is 2.06. The van der Waals surface area contributed by atoms with Crippen molar-refractivity contribution in [2.75, 3.05) is 5.32 Å². The Hall–Kier alpha value is -1.13. The molecule has 0 aliphatic rings. The van der Waals surface area contributed by atoms with Gasteiger partial charge in [-0.05, 0) is 24.6 Å². The van der Waals surface area contributed by atoms with E-state index in [1.807, 2.05) is 12.1 Å². The van der Waals surface area contributed by atoms with Gasteiger partial charge in [0.25, 0.3) is 0 Å². The zero-order valence-corrected chi connectivity index (χ0v) is 11.5. The van der Waals surface area contributed by atoms with Crippen LogP contribution in [0.1, 0.15) is 18.5 Å². The van der Waals surface area contributed by atoms with Crippen LogP contribution in [0.2, 0.25) is 5.15 Å². The highest BCUT2D eigenvalue weighted by Gasteiger charge is 2.06. The van der Waals surface area contributed by atoms with Crippen LogP contribution in [0.4, 0.5) is 5.82 Å². The van der Waals surface area contributed by atoms with Gasteiger partial charge >= 0.3 is 0 Å². The number of hydrogen-bond donors (Lipinski definition) is 1. The molecule has 1 aromatic carbocycles. The molecule has 1 aromatic heterocycles. The van der Waals surface area contributed by atoms with Crippen molar-refractivity contribution in [1.82, 2.24) is 9.97 Å². The lowest BCUT2D eigenvalue weighted by molar-refractivity contribution is 0.870. The number of nitrogens with one attached hydrogen (secondary N) is 1. The molecule has 0 radical (unpaired) electrons. The van der Waals surface area contributed by atoms with Crippen molar-refractivity contribution in [2.24, 2.45) is 0 Å². The van der Waals surface area contributed by atoms with Crippen LogP contribution < -0.4 is 5.32 Å². The Kier molecular flexibility index (Phi) is 3.97. The van der Waals surface area contributed by atoms with Gasteiger partial charge in [-0.2, -0.15) is 0 Å². The second-order valence-electron chi connectivity index (χ2n) is 3.65. The standard InChI is InChI=1S/C12H11BrClN3/c1-8(9-3-2-4-10(13)5-9)16-12-7-15-6-11(14)17-12/h2-8H,1H3,(H,16,17). The lowest BCUT2D eigenvalue weighted by Gasteiger charge is -2.14. The first-order valence-electron chi connectivity index (χ1n) is 5.14. The largest absolute Gasteiger partial charge is 0.362 e. The predicted molar refractivity (Wildman–Crippen MR) is 73.2 cm³/mol. The first-order valence-corrected chi connectivity index (χ1v) is 6.32. The zero-order valence-electron chi connectivity index (χ0n) is 9.19. The monoisotopic (exact) mass is 311 g/mol. The summed E-state index contributed by atoms with van der Waals surface area (Å²) in [6.45, 7) is 2.06. The third kappa shape index (κ3) is 3.41. The molecule has 1 unspecified atom stereocenters. The van der Waals surface area contributed by atoms with Crippen molar-refractivity contribution < 1.29 is 0 Å². The molecule has 0 bridgehead atoms. The fourth-order valence-electron chi connectivity index (χ4n) is 1.49. The molecule has 88 valence electrons. The van der Waals surface area contributed by atoms with E-state index in [9.17, 15) is 0 Å². The van der Waals surface area contributed by atoms with Crippen LogP contribution in [0.15, 0.2) is 41.1 Å². The van der Waals surface area contributed by atoms with Crippen molar-refractivity contribution in [3.63, 3.8) is 0 Å². The Morgan fingerprint density at radius 1 is 1.35 bits per heavy atom. The summed E-state index contributed by atoms with van der Waals surface area (Å²) in [5.74, 6) is 0.671. The van der Waals surface area contributed by atoms with Gasteiger partial charge in [0.2, 0.25) is 0 Å². The lowest BCUT2D eigenvalue weighted by Crippen LogP contribution is -2.08. The number of halogens is 2. The highest BCUT2D eigenvalue weighted by Crippen LogP contribution is 2.21. The predicted octanol–water partition coefficient (Wildman–Crippen LogP) is 4.07. The van der Waals surface area contributed by atoms with Crippen LogP contribution in [-0.4, -0.2) is 9.97 Å². The SMILES string of the molecule is CC(Nc1cncc(Cl)n1)c1cccc(Br)c1. The van der Waals surface area contributed by atoms with E-state index in [2.05, 4.69) is 50.3 Å². The molecule has 2 aromatic rings. The van der Waals surface area contributed by atoms with Crippen LogP contribution in [0.25, 0.3) is 0 Å². The topological polar surface area (TPSA) is 37.8 Å². The van der Waals surface area contributed by atoms with E-state index in [1.54, 1.807) is 6.20 Å². The molecular weight excluding hydrogens is 302 g/mol. The van der Waals surface area contributed by atoms with Gasteiger partial charge in [0.1, 0.15) is 11.0 Å². The van der Waals surface area contributed by atoms with Gasteiger partial charge in [-0.3, -0.25) is 4.98 Å². The van der Waals surface area contributed by atoms with Gasteiger partial charge in [0.15, 0.2) is 0 Å². The normalized spacial score (nSPS) is 12.2. The smallest absolute Gasteiger partial charge is 0.149 e. The highest BCUT2D eigenvalue weighted by molar-refractivity contribution is 9.10. The number of hydrogen-bond acceptors (Lipinski definition) is 3. The number of aromatic nitrogens is 2. The van der Waals surface area contributed by atoms with Gasteiger partial charge < -0.3 is 5.32 Å². The molecule has 3 nitrogen and oxygen atoms in total. The highest BCUT2D eigenvalue weighted by atomic mass is 79.9. The molecule has 0 aliphatic heterocycles. The molecule has 0 spiro atoms. The van der Waals surface area contributed by atoms with Crippen LogP contribution in [0.3, 0.4) is 0 Å². The van der Waals surface area contributed by atoms with Gasteiger partial charge in [-0.25, -0.2) is 4.98 Å². The molecule has 1 heterocycles. The van der Waals surface area contributed by atoms with Crippen LogP contribution in [-0.2, 0) is 0 Å². The third-order valence-electron chi connectivity index (χ3n) is 2.32. The molecule has 5 heteroatoms. The summed E-state index contributed by atoms with van der Waals surface area (Å²) in [6, 6.07) is 8.26. The van der Waals surface area contributed by atoms with Crippen molar-refractivity contribution in [1.29, 1.82) is 0 Å². The quantitative estimate of drug-likeness (QED) is 0.928. The Morgan fingerprint density at radius 2 is 2.18 bits per heavy atom. The summed E-state index contributed by atoms with van der Waals surface area (Å²) in [4.78, 5) is 8.12. The lowest BCUT2D eigenvalue weighted by atomic mass is 10.1. The average Bonchev–Trinajstić information content (AvgIpc) is 2.29.